The van der Waals surface area contributed by atoms with E-state index in [1.165, 1.54) is 17.0 Å². The fraction of sp³-hybridized carbons (Fsp3) is 0.400. The highest BCUT2D eigenvalue weighted by molar-refractivity contribution is 7.16. The van der Waals surface area contributed by atoms with Crippen molar-refractivity contribution in [2.45, 2.75) is 32.4 Å². The molecule has 8 heteroatoms. The minimum Gasteiger partial charge on any atom is -0.402 e. The van der Waals surface area contributed by atoms with E-state index in [-0.39, 0.29) is 11.8 Å². The first kappa shape index (κ1) is 14.3. The van der Waals surface area contributed by atoms with Gasteiger partial charge in [-0.25, -0.2) is 0 Å². The molecule has 4 rings (SSSR count). The van der Waals surface area contributed by atoms with Gasteiger partial charge in [-0.3, -0.25) is 14.9 Å². The van der Waals surface area contributed by atoms with E-state index in [2.05, 4.69) is 17.6 Å². The van der Waals surface area contributed by atoms with Crippen LogP contribution in [0.25, 0.3) is 0 Å². The Morgan fingerprint density at radius 1 is 1.39 bits per heavy atom. The molecule has 0 aromatic carbocycles. The third-order valence-corrected chi connectivity index (χ3v) is 5.55. The highest BCUT2D eigenvalue weighted by Gasteiger charge is 2.34. The molecule has 2 atom stereocenters. The summed E-state index contributed by atoms with van der Waals surface area (Å²) in [6, 6.07) is 2.80. The monoisotopic (exact) mass is 333 g/mol. The molecule has 1 amide bonds. The number of rotatable bonds is 2. The predicted octanol–water partition coefficient (Wildman–Crippen LogP) is 3.23. The smallest absolute Gasteiger partial charge is 0.402 e. The maximum Gasteiger partial charge on any atom is 0.433 e. The Bertz CT molecular complexity index is 810. The second-order valence-corrected chi connectivity index (χ2v) is 7.14. The van der Waals surface area contributed by atoms with E-state index in [0.717, 1.165) is 35.4 Å². The maximum atomic E-state index is 12.5. The number of carbonyl (C=O) groups is 1. The van der Waals surface area contributed by atoms with Gasteiger partial charge < -0.3 is 15.1 Å². The minimum atomic E-state index is -0.592. The molecule has 0 bridgehead atoms. The minimum absolute atomic E-state index is 0.144. The number of hydrogen-bond acceptors (Lipinski definition) is 6. The van der Waals surface area contributed by atoms with E-state index in [1.807, 2.05) is 0 Å². The Morgan fingerprint density at radius 3 is 2.96 bits per heavy atom. The average Bonchev–Trinajstić information content (AvgIpc) is 3.10. The second-order valence-electron chi connectivity index (χ2n) is 6.04. The summed E-state index contributed by atoms with van der Waals surface area (Å²) in [7, 11) is 0. The Labute approximate surface area is 135 Å². The fourth-order valence-electron chi connectivity index (χ4n) is 3.20. The number of furan rings is 1. The largest absolute Gasteiger partial charge is 0.433 e. The van der Waals surface area contributed by atoms with Crippen molar-refractivity contribution in [3.63, 3.8) is 0 Å². The summed E-state index contributed by atoms with van der Waals surface area (Å²) in [6.45, 7) is 2.22. The van der Waals surface area contributed by atoms with Crippen LogP contribution in [0.3, 0.4) is 0 Å². The van der Waals surface area contributed by atoms with Gasteiger partial charge in [-0.05, 0) is 36.8 Å². The summed E-state index contributed by atoms with van der Waals surface area (Å²) in [5.74, 6) is 0.487. The molecule has 0 saturated carbocycles. The van der Waals surface area contributed by atoms with E-state index >= 15 is 0 Å². The number of nitro groups is 1. The molecule has 2 aromatic heterocycles. The highest BCUT2D eigenvalue weighted by Crippen LogP contribution is 2.42. The molecule has 0 radical (unpaired) electrons. The molecule has 1 aliphatic heterocycles. The van der Waals surface area contributed by atoms with E-state index in [0.29, 0.717) is 11.7 Å². The zero-order valence-corrected chi connectivity index (χ0v) is 13.2. The first-order valence-electron chi connectivity index (χ1n) is 7.49. The van der Waals surface area contributed by atoms with Crippen LogP contribution < -0.4 is 10.6 Å². The molecule has 120 valence electrons. The van der Waals surface area contributed by atoms with Crippen LogP contribution in [0.5, 0.6) is 0 Å². The number of nitrogens with one attached hydrogen (secondary N) is 2. The Morgan fingerprint density at radius 2 is 2.22 bits per heavy atom. The maximum absolute atomic E-state index is 12.5. The van der Waals surface area contributed by atoms with Gasteiger partial charge in [-0.1, -0.05) is 6.92 Å². The van der Waals surface area contributed by atoms with Gasteiger partial charge in [0.25, 0.3) is 5.91 Å². The van der Waals surface area contributed by atoms with E-state index in [4.69, 9.17) is 4.42 Å². The van der Waals surface area contributed by atoms with Crippen molar-refractivity contribution >= 4 is 28.1 Å². The molecule has 3 heterocycles. The van der Waals surface area contributed by atoms with Crippen molar-refractivity contribution in [3.05, 3.63) is 44.0 Å². The first-order chi connectivity index (χ1) is 11.0. The van der Waals surface area contributed by atoms with Crippen molar-refractivity contribution in [2.24, 2.45) is 5.92 Å². The standard InChI is InChI=1S/C15H15N3O4S/c1-7-2-3-8-10(6-7)23-15-12(8)14(19)16-13(17-15)9-4-5-11(22-9)18(20)21/h4-5,7,13,17H,2-3,6H2,1H3,(H,16,19). The predicted molar refractivity (Wildman–Crippen MR) is 84.7 cm³/mol. The van der Waals surface area contributed by atoms with Gasteiger partial charge in [0.1, 0.15) is 9.92 Å². The van der Waals surface area contributed by atoms with Crippen molar-refractivity contribution in [1.29, 1.82) is 0 Å². The zero-order valence-electron chi connectivity index (χ0n) is 12.4. The van der Waals surface area contributed by atoms with Gasteiger partial charge >= 0.3 is 5.88 Å². The molecule has 2 aliphatic rings. The van der Waals surface area contributed by atoms with Gasteiger partial charge in [-0.2, -0.15) is 0 Å². The highest BCUT2D eigenvalue weighted by atomic mass is 32.1. The van der Waals surface area contributed by atoms with Crippen LogP contribution >= 0.6 is 11.3 Å². The topological polar surface area (TPSA) is 97.4 Å². The third-order valence-electron chi connectivity index (χ3n) is 4.37. The number of amides is 1. The van der Waals surface area contributed by atoms with E-state index in [9.17, 15) is 14.9 Å². The van der Waals surface area contributed by atoms with Crippen LogP contribution in [0.4, 0.5) is 10.9 Å². The molecule has 0 saturated heterocycles. The van der Waals surface area contributed by atoms with Gasteiger partial charge in [0.05, 0.1) is 11.6 Å². The van der Waals surface area contributed by atoms with E-state index < -0.39 is 11.1 Å². The molecular formula is C15H15N3O4S. The zero-order chi connectivity index (χ0) is 16.1. The van der Waals surface area contributed by atoms with Crippen LogP contribution in [0.15, 0.2) is 16.5 Å². The van der Waals surface area contributed by atoms with Gasteiger partial charge in [0, 0.05) is 4.88 Å². The molecule has 0 fully saturated rings. The normalized spacial score (nSPS) is 22.7. The summed E-state index contributed by atoms with van der Waals surface area (Å²) >= 11 is 1.61. The summed E-state index contributed by atoms with van der Waals surface area (Å²) in [6.07, 6.45) is 2.44. The summed E-state index contributed by atoms with van der Waals surface area (Å²) < 4.78 is 5.20. The summed E-state index contributed by atoms with van der Waals surface area (Å²) in [5.41, 5.74) is 1.88. The fourth-order valence-corrected chi connectivity index (χ4v) is 4.64. The molecule has 2 N–H and O–H groups in total. The lowest BCUT2D eigenvalue weighted by molar-refractivity contribution is -0.402. The van der Waals surface area contributed by atoms with Crippen LogP contribution in [0.2, 0.25) is 0 Å². The Kier molecular flexibility index (Phi) is 3.15. The number of thiophene rings is 1. The van der Waals surface area contributed by atoms with Crippen LogP contribution in [0.1, 0.15) is 46.1 Å². The average molecular weight is 333 g/mol. The molecule has 23 heavy (non-hydrogen) atoms. The second kappa shape index (κ2) is 5.09. The Hall–Kier alpha value is -2.35. The van der Waals surface area contributed by atoms with Crippen LogP contribution in [-0.2, 0) is 12.8 Å². The van der Waals surface area contributed by atoms with Crippen molar-refractivity contribution < 1.29 is 14.1 Å². The van der Waals surface area contributed by atoms with Gasteiger partial charge in [0.15, 0.2) is 11.9 Å². The van der Waals surface area contributed by atoms with Crippen LogP contribution in [-0.4, -0.2) is 10.8 Å². The Balaban J connectivity index is 1.67. The molecule has 2 aromatic rings. The number of carbonyl (C=O) groups excluding carboxylic acids is 1. The summed E-state index contributed by atoms with van der Waals surface area (Å²) in [4.78, 5) is 23.9. The molecular weight excluding hydrogens is 318 g/mol. The number of fused-ring (bicyclic) bond motifs is 3. The lowest BCUT2D eigenvalue weighted by Gasteiger charge is -2.25. The number of hydrogen-bond donors (Lipinski definition) is 2. The van der Waals surface area contributed by atoms with Crippen molar-refractivity contribution in [3.8, 4) is 0 Å². The van der Waals surface area contributed by atoms with Crippen LogP contribution in [0, 0.1) is 16.0 Å². The van der Waals surface area contributed by atoms with Gasteiger partial charge in [0.2, 0.25) is 0 Å². The lowest BCUT2D eigenvalue weighted by Crippen LogP contribution is -2.38. The van der Waals surface area contributed by atoms with Gasteiger partial charge in [-0.15, -0.1) is 11.3 Å². The quantitative estimate of drug-likeness (QED) is 0.649. The van der Waals surface area contributed by atoms with Crippen molar-refractivity contribution in [2.75, 3.05) is 5.32 Å². The molecule has 7 nitrogen and oxygen atoms in total. The summed E-state index contributed by atoms with van der Waals surface area (Å²) in [5, 5.41) is 17.6. The van der Waals surface area contributed by atoms with Crippen molar-refractivity contribution in [1.82, 2.24) is 5.32 Å². The first-order valence-corrected chi connectivity index (χ1v) is 8.30. The number of anilines is 1. The number of nitrogens with zero attached hydrogens (tertiary/aromatic N) is 1. The molecule has 0 spiro atoms. The SMILES string of the molecule is CC1CCc2c(sc3c2C(=O)NC(c2ccc([N+](=O)[O-])o2)N3)C1. The molecule has 2 unspecified atom stereocenters. The lowest BCUT2D eigenvalue weighted by atomic mass is 9.88. The van der Waals surface area contributed by atoms with E-state index in [1.54, 1.807) is 11.3 Å². The molecule has 1 aliphatic carbocycles. The third kappa shape index (κ3) is 2.29.